The highest BCUT2D eigenvalue weighted by Crippen LogP contribution is 2.22. The van der Waals surface area contributed by atoms with Crippen LogP contribution in [-0.4, -0.2) is 5.97 Å². The van der Waals surface area contributed by atoms with Gasteiger partial charge in [-0.05, 0) is 36.4 Å². The molecule has 1 heterocycles. The van der Waals surface area contributed by atoms with Gasteiger partial charge in [0.15, 0.2) is 0 Å². The minimum Gasteiger partial charge on any atom is -0.458 e. The Morgan fingerprint density at radius 2 is 1.94 bits per heavy atom. The van der Waals surface area contributed by atoms with E-state index in [-0.39, 0.29) is 18.4 Å². The largest absolute Gasteiger partial charge is 0.458 e. The zero-order valence-electron chi connectivity index (χ0n) is 9.27. The van der Waals surface area contributed by atoms with Crippen LogP contribution in [0, 0.1) is 5.82 Å². The topological polar surface area (TPSA) is 39.4 Å². The van der Waals surface area contributed by atoms with Crippen molar-refractivity contribution in [3.8, 4) is 11.3 Å². The molecular formula is C13H11FO3. The van der Waals surface area contributed by atoms with Crippen molar-refractivity contribution in [2.24, 2.45) is 0 Å². The van der Waals surface area contributed by atoms with E-state index in [1.165, 1.54) is 19.1 Å². The summed E-state index contributed by atoms with van der Waals surface area (Å²) in [6, 6.07) is 9.47. The van der Waals surface area contributed by atoms with E-state index in [2.05, 4.69) is 0 Å². The molecule has 17 heavy (non-hydrogen) atoms. The lowest BCUT2D eigenvalue weighted by Gasteiger charge is -1.98. The molecule has 0 saturated carbocycles. The van der Waals surface area contributed by atoms with Gasteiger partial charge in [-0.15, -0.1) is 0 Å². The molecule has 4 heteroatoms. The maximum atomic E-state index is 12.7. The van der Waals surface area contributed by atoms with Crippen LogP contribution >= 0.6 is 0 Å². The lowest BCUT2D eigenvalue weighted by molar-refractivity contribution is -0.142. The first-order valence-corrected chi connectivity index (χ1v) is 5.13. The average molecular weight is 234 g/mol. The number of esters is 1. The van der Waals surface area contributed by atoms with E-state index in [1.807, 2.05) is 0 Å². The summed E-state index contributed by atoms with van der Waals surface area (Å²) in [5.74, 6) is 0.525. The van der Waals surface area contributed by atoms with Gasteiger partial charge < -0.3 is 9.15 Å². The van der Waals surface area contributed by atoms with Crippen molar-refractivity contribution in [1.29, 1.82) is 0 Å². The Balaban J connectivity index is 2.12. The molecule has 0 unspecified atom stereocenters. The number of rotatable bonds is 3. The minimum absolute atomic E-state index is 0.108. The van der Waals surface area contributed by atoms with E-state index >= 15 is 0 Å². The van der Waals surface area contributed by atoms with Crippen molar-refractivity contribution in [2.45, 2.75) is 13.5 Å². The van der Waals surface area contributed by atoms with E-state index < -0.39 is 0 Å². The summed E-state index contributed by atoms with van der Waals surface area (Å²) in [5, 5.41) is 0. The van der Waals surface area contributed by atoms with Crippen molar-refractivity contribution in [3.05, 3.63) is 48.0 Å². The van der Waals surface area contributed by atoms with E-state index in [9.17, 15) is 9.18 Å². The number of furan rings is 1. The lowest BCUT2D eigenvalue weighted by Crippen LogP contribution is -1.97. The predicted molar refractivity (Wildman–Crippen MR) is 59.6 cm³/mol. The monoisotopic (exact) mass is 234 g/mol. The van der Waals surface area contributed by atoms with Gasteiger partial charge in [0.2, 0.25) is 0 Å². The Bertz CT molecular complexity index is 514. The van der Waals surface area contributed by atoms with Gasteiger partial charge >= 0.3 is 5.97 Å². The first kappa shape index (κ1) is 11.4. The zero-order chi connectivity index (χ0) is 12.3. The molecule has 0 radical (unpaired) electrons. The molecule has 1 aromatic carbocycles. The summed E-state index contributed by atoms with van der Waals surface area (Å²) in [7, 11) is 0. The maximum Gasteiger partial charge on any atom is 0.303 e. The van der Waals surface area contributed by atoms with Crippen molar-refractivity contribution in [2.75, 3.05) is 0 Å². The Kier molecular flexibility index (Phi) is 3.23. The Morgan fingerprint density at radius 1 is 1.24 bits per heavy atom. The second kappa shape index (κ2) is 4.82. The van der Waals surface area contributed by atoms with E-state index in [1.54, 1.807) is 24.3 Å². The third-order valence-corrected chi connectivity index (χ3v) is 2.21. The second-order valence-corrected chi connectivity index (χ2v) is 3.55. The molecule has 0 saturated heterocycles. The molecular weight excluding hydrogens is 223 g/mol. The van der Waals surface area contributed by atoms with E-state index in [4.69, 9.17) is 9.15 Å². The van der Waals surface area contributed by atoms with Crippen LogP contribution in [0.4, 0.5) is 4.39 Å². The van der Waals surface area contributed by atoms with Gasteiger partial charge in [-0.25, -0.2) is 4.39 Å². The van der Waals surface area contributed by atoms with Crippen LogP contribution in [0.1, 0.15) is 12.7 Å². The zero-order valence-corrected chi connectivity index (χ0v) is 9.27. The number of carbonyl (C=O) groups excluding carboxylic acids is 1. The summed E-state index contributed by atoms with van der Waals surface area (Å²) < 4.78 is 23.0. The molecule has 88 valence electrons. The van der Waals surface area contributed by atoms with Crippen molar-refractivity contribution < 1.29 is 18.3 Å². The summed E-state index contributed by atoms with van der Waals surface area (Å²) in [6.07, 6.45) is 0. The first-order chi connectivity index (χ1) is 8.15. The summed E-state index contributed by atoms with van der Waals surface area (Å²) in [4.78, 5) is 10.6. The molecule has 2 aromatic rings. The lowest BCUT2D eigenvalue weighted by atomic mass is 10.2. The van der Waals surface area contributed by atoms with Crippen molar-refractivity contribution in [3.63, 3.8) is 0 Å². The van der Waals surface area contributed by atoms with Gasteiger partial charge in [-0.3, -0.25) is 4.79 Å². The molecule has 0 atom stereocenters. The van der Waals surface area contributed by atoms with Gasteiger partial charge in [0.1, 0.15) is 23.9 Å². The van der Waals surface area contributed by atoms with Crippen molar-refractivity contribution in [1.82, 2.24) is 0 Å². The quantitative estimate of drug-likeness (QED) is 0.766. The molecule has 3 nitrogen and oxygen atoms in total. The van der Waals surface area contributed by atoms with Gasteiger partial charge in [-0.1, -0.05) is 0 Å². The van der Waals surface area contributed by atoms with Crippen molar-refractivity contribution >= 4 is 5.97 Å². The van der Waals surface area contributed by atoms with Crippen LogP contribution in [0.5, 0.6) is 0 Å². The van der Waals surface area contributed by atoms with Gasteiger partial charge in [0.05, 0.1) is 0 Å². The average Bonchev–Trinajstić information content (AvgIpc) is 2.76. The molecule has 0 N–H and O–H groups in total. The Hall–Kier alpha value is -2.10. The third kappa shape index (κ3) is 2.93. The molecule has 1 aromatic heterocycles. The van der Waals surface area contributed by atoms with Gasteiger partial charge in [0, 0.05) is 12.5 Å². The van der Waals surface area contributed by atoms with Gasteiger partial charge in [-0.2, -0.15) is 0 Å². The first-order valence-electron chi connectivity index (χ1n) is 5.13. The number of benzene rings is 1. The smallest absolute Gasteiger partial charge is 0.303 e. The fourth-order valence-electron chi connectivity index (χ4n) is 1.40. The summed E-state index contributed by atoms with van der Waals surface area (Å²) in [5.41, 5.74) is 0.778. The molecule has 2 rings (SSSR count). The number of hydrogen-bond acceptors (Lipinski definition) is 3. The number of ether oxygens (including phenoxy) is 1. The number of carbonyl (C=O) groups is 1. The molecule has 0 amide bonds. The fourth-order valence-corrected chi connectivity index (χ4v) is 1.40. The van der Waals surface area contributed by atoms with Crippen LogP contribution < -0.4 is 0 Å². The van der Waals surface area contributed by atoms with Crippen LogP contribution in [0.15, 0.2) is 40.8 Å². The highest BCUT2D eigenvalue weighted by molar-refractivity contribution is 5.65. The summed E-state index contributed by atoms with van der Waals surface area (Å²) >= 11 is 0. The highest BCUT2D eigenvalue weighted by Gasteiger charge is 2.06. The molecule has 0 aliphatic rings. The van der Waals surface area contributed by atoms with Crippen LogP contribution in [0.2, 0.25) is 0 Å². The second-order valence-electron chi connectivity index (χ2n) is 3.55. The standard InChI is InChI=1S/C13H11FO3/c1-9(15)16-8-12-6-7-13(17-12)10-2-4-11(14)5-3-10/h2-7H,8H2,1H3. The molecule has 0 aliphatic carbocycles. The number of hydrogen-bond donors (Lipinski definition) is 0. The number of halogens is 1. The van der Waals surface area contributed by atoms with E-state index in [0.29, 0.717) is 11.5 Å². The molecule has 0 bridgehead atoms. The maximum absolute atomic E-state index is 12.7. The SMILES string of the molecule is CC(=O)OCc1ccc(-c2ccc(F)cc2)o1. The summed E-state index contributed by atoms with van der Waals surface area (Å²) in [6.45, 7) is 1.44. The highest BCUT2D eigenvalue weighted by atomic mass is 19.1. The predicted octanol–water partition coefficient (Wildman–Crippen LogP) is 3.15. The molecule has 0 spiro atoms. The van der Waals surface area contributed by atoms with Crippen LogP contribution in [0.3, 0.4) is 0 Å². The molecule has 0 fully saturated rings. The Labute approximate surface area is 97.8 Å². The molecule has 0 aliphatic heterocycles. The normalized spacial score (nSPS) is 10.2. The van der Waals surface area contributed by atoms with Crippen LogP contribution in [0.25, 0.3) is 11.3 Å². The third-order valence-electron chi connectivity index (χ3n) is 2.21. The Morgan fingerprint density at radius 3 is 2.59 bits per heavy atom. The van der Waals surface area contributed by atoms with Crippen LogP contribution in [-0.2, 0) is 16.1 Å². The minimum atomic E-state index is -0.357. The van der Waals surface area contributed by atoms with E-state index in [0.717, 1.165) is 5.56 Å². The van der Waals surface area contributed by atoms with Gasteiger partial charge in [0.25, 0.3) is 0 Å². The fraction of sp³-hybridized carbons (Fsp3) is 0.154.